The van der Waals surface area contributed by atoms with Crippen molar-refractivity contribution >= 4 is 24.8 Å². The third-order valence-corrected chi connectivity index (χ3v) is 6.68. The van der Waals surface area contributed by atoms with Gasteiger partial charge in [0, 0.05) is 38.6 Å². The summed E-state index contributed by atoms with van der Waals surface area (Å²) in [4.78, 5) is 4.95. The summed E-state index contributed by atoms with van der Waals surface area (Å²) in [6, 6.07) is 17.9. The van der Waals surface area contributed by atoms with Gasteiger partial charge in [-0.1, -0.05) is 48.5 Å². The highest BCUT2D eigenvalue weighted by atomic mass is 35.5. The molecule has 3 nitrogen and oxygen atoms in total. The maximum atomic E-state index is 6.78. The lowest BCUT2D eigenvalue weighted by Crippen LogP contribution is -2.47. The lowest BCUT2D eigenvalue weighted by atomic mass is 9.61. The Morgan fingerprint density at radius 3 is 2.07 bits per heavy atom. The van der Waals surface area contributed by atoms with Crippen LogP contribution >= 0.6 is 24.8 Å². The molecule has 152 valence electrons. The number of benzene rings is 2. The topological polar surface area (TPSA) is 15.7 Å². The number of rotatable bonds is 4. The molecule has 5 heteroatoms. The smallest absolute Gasteiger partial charge is 0.119 e. The number of piperazine rings is 1. The van der Waals surface area contributed by atoms with Gasteiger partial charge in [-0.05, 0) is 42.1 Å². The highest BCUT2D eigenvalue weighted by Gasteiger charge is 2.48. The number of fused-ring (bicyclic) bond motifs is 1. The molecule has 3 aliphatic carbocycles. The number of hydrogen-bond donors (Lipinski definition) is 0. The van der Waals surface area contributed by atoms with E-state index < -0.39 is 0 Å². The van der Waals surface area contributed by atoms with E-state index in [2.05, 4.69) is 65.4 Å². The number of likely N-dealkylation sites (N-methyl/N-ethyl adjacent to an activating group) is 1. The van der Waals surface area contributed by atoms with Crippen molar-refractivity contribution in [2.45, 2.75) is 24.4 Å². The zero-order valence-corrected chi connectivity index (χ0v) is 18.1. The normalized spacial score (nSPS) is 26.0. The molecule has 0 saturated carbocycles. The fourth-order valence-corrected chi connectivity index (χ4v) is 5.23. The van der Waals surface area contributed by atoms with Crippen molar-refractivity contribution in [2.24, 2.45) is 0 Å². The van der Waals surface area contributed by atoms with Crippen LogP contribution in [-0.4, -0.2) is 56.2 Å². The Kier molecular flexibility index (Phi) is 6.73. The predicted octanol–water partition coefficient (Wildman–Crippen LogP) is 4.28. The van der Waals surface area contributed by atoms with E-state index >= 15 is 0 Å². The summed E-state index contributed by atoms with van der Waals surface area (Å²) in [5, 5.41) is 0. The van der Waals surface area contributed by atoms with E-state index in [9.17, 15) is 0 Å². The molecule has 28 heavy (non-hydrogen) atoms. The number of hydrogen-bond acceptors (Lipinski definition) is 3. The van der Waals surface area contributed by atoms with Gasteiger partial charge in [0.25, 0.3) is 0 Å². The molecule has 1 saturated heterocycles. The minimum atomic E-state index is -0.242. The summed E-state index contributed by atoms with van der Waals surface area (Å²) in [5.41, 5.74) is 5.55. The average molecular weight is 421 g/mol. The minimum Gasteiger partial charge on any atom is -0.364 e. The summed E-state index contributed by atoms with van der Waals surface area (Å²) in [6.45, 7) is 6.47. The van der Waals surface area contributed by atoms with Crippen LogP contribution in [-0.2, 0) is 10.3 Å². The summed E-state index contributed by atoms with van der Waals surface area (Å²) < 4.78 is 6.78. The van der Waals surface area contributed by atoms with Gasteiger partial charge in [-0.3, -0.25) is 4.90 Å². The Labute approximate surface area is 180 Å². The Hall–Kier alpha value is -1.10. The van der Waals surface area contributed by atoms with E-state index in [-0.39, 0.29) is 30.4 Å². The molecule has 2 aromatic rings. The summed E-state index contributed by atoms with van der Waals surface area (Å²) in [7, 11) is 2.21. The van der Waals surface area contributed by atoms with Crippen molar-refractivity contribution in [1.82, 2.24) is 9.80 Å². The van der Waals surface area contributed by atoms with Crippen molar-refractivity contribution in [1.29, 1.82) is 0 Å². The first-order chi connectivity index (χ1) is 12.8. The lowest BCUT2D eigenvalue weighted by molar-refractivity contribution is -0.0491. The quantitative estimate of drug-likeness (QED) is 0.733. The van der Waals surface area contributed by atoms with Gasteiger partial charge in [0.05, 0.1) is 6.61 Å². The van der Waals surface area contributed by atoms with E-state index in [1.807, 2.05) is 0 Å². The summed E-state index contributed by atoms with van der Waals surface area (Å²) in [6.07, 6.45) is 2.30. The highest BCUT2D eigenvalue weighted by Crippen LogP contribution is 2.56. The molecule has 1 fully saturated rings. The molecular formula is C23H30Cl2N2O. The molecule has 0 N–H and O–H groups in total. The third kappa shape index (κ3) is 3.48. The van der Waals surface area contributed by atoms with Crippen LogP contribution in [0, 0.1) is 0 Å². The second kappa shape index (κ2) is 8.73. The molecule has 2 aromatic carbocycles. The van der Waals surface area contributed by atoms with Crippen molar-refractivity contribution in [3.63, 3.8) is 0 Å². The van der Waals surface area contributed by atoms with Crippen LogP contribution in [0.5, 0.6) is 0 Å². The van der Waals surface area contributed by atoms with Crippen LogP contribution < -0.4 is 0 Å². The number of nitrogens with zero attached hydrogens (tertiary/aromatic N) is 2. The maximum Gasteiger partial charge on any atom is 0.119 e. The zero-order chi connectivity index (χ0) is 17.6. The molecule has 6 rings (SSSR count). The standard InChI is InChI=1S/C23H28N2O.2ClH/c1-24-12-14-25(15-13-24)16-17-26-23-11-10-18(19-6-2-4-8-21(19)23)20-7-3-5-9-22(20)23;;/h2-9,18H,10-17H2,1H3;2*1H. The Bertz CT molecular complexity index is 757. The van der Waals surface area contributed by atoms with Gasteiger partial charge in [-0.15, -0.1) is 24.8 Å². The van der Waals surface area contributed by atoms with Crippen LogP contribution in [0.15, 0.2) is 48.5 Å². The van der Waals surface area contributed by atoms with Crippen LogP contribution in [0.25, 0.3) is 0 Å². The molecule has 0 aromatic heterocycles. The second-order valence-corrected chi connectivity index (χ2v) is 8.09. The molecule has 0 atom stereocenters. The largest absolute Gasteiger partial charge is 0.364 e. The van der Waals surface area contributed by atoms with Crippen LogP contribution in [0.3, 0.4) is 0 Å². The fourth-order valence-electron chi connectivity index (χ4n) is 5.23. The third-order valence-electron chi connectivity index (χ3n) is 6.68. The predicted molar refractivity (Wildman–Crippen MR) is 119 cm³/mol. The van der Waals surface area contributed by atoms with Crippen molar-refractivity contribution in [2.75, 3.05) is 46.4 Å². The number of halogens is 2. The molecule has 1 aliphatic heterocycles. The molecule has 0 spiro atoms. The van der Waals surface area contributed by atoms with E-state index in [0.717, 1.165) is 32.7 Å². The SMILES string of the molecule is CN1CCN(CCOC23CCC(c4ccccc42)c2ccccc23)CC1.Cl.Cl. The first-order valence-electron chi connectivity index (χ1n) is 10.0. The monoisotopic (exact) mass is 420 g/mol. The average Bonchev–Trinajstić information content (AvgIpc) is 2.70. The van der Waals surface area contributed by atoms with Gasteiger partial charge >= 0.3 is 0 Å². The van der Waals surface area contributed by atoms with Crippen LogP contribution in [0.1, 0.15) is 41.0 Å². The molecule has 0 unspecified atom stereocenters. The van der Waals surface area contributed by atoms with Gasteiger partial charge < -0.3 is 9.64 Å². The second-order valence-electron chi connectivity index (χ2n) is 8.09. The molecular weight excluding hydrogens is 391 g/mol. The Balaban J connectivity index is 0.00000112. The van der Waals surface area contributed by atoms with Crippen molar-refractivity contribution < 1.29 is 4.74 Å². The van der Waals surface area contributed by atoms with E-state index in [1.54, 1.807) is 0 Å². The first-order valence-corrected chi connectivity index (χ1v) is 10.0. The van der Waals surface area contributed by atoms with Crippen LogP contribution in [0.2, 0.25) is 0 Å². The van der Waals surface area contributed by atoms with Gasteiger partial charge in [0.2, 0.25) is 0 Å². The molecule has 4 aliphatic rings. The Morgan fingerprint density at radius 2 is 1.46 bits per heavy atom. The molecule has 0 amide bonds. The molecule has 1 heterocycles. The highest BCUT2D eigenvalue weighted by molar-refractivity contribution is 5.85. The van der Waals surface area contributed by atoms with Gasteiger partial charge in [0.1, 0.15) is 5.60 Å². The maximum absolute atomic E-state index is 6.78. The van der Waals surface area contributed by atoms with Crippen molar-refractivity contribution in [3.05, 3.63) is 70.8 Å². The van der Waals surface area contributed by atoms with Gasteiger partial charge in [0.15, 0.2) is 0 Å². The van der Waals surface area contributed by atoms with E-state index in [0.29, 0.717) is 5.92 Å². The lowest BCUT2D eigenvalue weighted by Gasteiger charge is -2.49. The van der Waals surface area contributed by atoms with Gasteiger partial charge in [-0.2, -0.15) is 0 Å². The summed E-state index contributed by atoms with van der Waals surface area (Å²) >= 11 is 0. The minimum absolute atomic E-state index is 0. The van der Waals surface area contributed by atoms with Gasteiger partial charge in [-0.25, -0.2) is 0 Å². The summed E-state index contributed by atoms with van der Waals surface area (Å²) in [5.74, 6) is 0.547. The van der Waals surface area contributed by atoms with Crippen molar-refractivity contribution in [3.8, 4) is 0 Å². The van der Waals surface area contributed by atoms with Crippen LogP contribution in [0.4, 0.5) is 0 Å². The molecule has 0 radical (unpaired) electrons. The first kappa shape index (κ1) is 21.6. The molecule has 2 bridgehead atoms. The van der Waals surface area contributed by atoms with E-state index in [4.69, 9.17) is 4.74 Å². The van der Waals surface area contributed by atoms with E-state index in [1.165, 1.54) is 41.8 Å². The number of ether oxygens (including phenoxy) is 1. The Morgan fingerprint density at radius 1 is 0.893 bits per heavy atom. The fraction of sp³-hybridized carbons (Fsp3) is 0.478. The zero-order valence-electron chi connectivity index (χ0n) is 16.5.